The first-order valence-electron chi connectivity index (χ1n) is 15.8. The van der Waals surface area contributed by atoms with Gasteiger partial charge in [0.2, 0.25) is 5.91 Å². The second-order valence-electron chi connectivity index (χ2n) is 13.8. The van der Waals surface area contributed by atoms with Crippen LogP contribution in [0, 0.1) is 0 Å². The number of rotatable bonds is 9. The van der Waals surface area contributed by atoms with Crippen LogP contribution in [-0.2, 0) is 30.3 Å². The van der Waals surface area contributed by atoms with Crippen molar-refractivity contribution in [3.8, 4) is 10.4 Å². The van der Waals surface area contributed by atoms with Crippen molar-refractivity contribution in [1.82, 2.24) is 14.3 Å². The van der Waals surface area contributed by atoms with Gasteiger partial charge in [-0.1, -0.05) is 53.8 Å². The SMILES string of the molecule is CC(C)(C)OC(=O)C[C@H](C(=O)N1CCC[C@H]1C(=O)Cc1cn2cc(-c3ccc(NC(=O)OC(C)(C)C)cc3)sc2n1)c1ccccc1. The molecule has 0 bridgehead atoms. The van der Waals surface area contributed by atoms with E-state index in [9.17, 15) is 19.2 Å². The lowest BCUT2D eigenvalue weighted by Crippen LogP contribution is -2.44. The summed E-state index contributed by atoms with van der Waals surface area (Å²) in [6.45, 7) is 11.3. The molecule has 10 nitrogen and oxygen atoms in total. The number of ether oxygens (including phenoxy) is 2. The molecule has 248 valence electrons. The fourth-order valence-electron chi connectivity index (χ4n) is 5.65. The quantitative estimate of drug-likeness (QED) is 0.192. The summed E-state index contributed by atoms with van der Waals surface area (Å²) in [6, 6.07) is 16.1. The second-order valence-corrected chi connectivity index (χ2v) is 14.8. The van der Waals surface area contributed by atoms with Crippen LogP contribution in [0.3, 0.4) is 0 Å². The van der Waals surface area contributed by atoms with Crippen LogP contribution in [0.4, 0.5) is 10.5 Å². The lowest BCUT2D eigenvalue weighted by Gasteiger charge is -2.29. The number of hydrogen-bond acceptors (Lipinski definition) is 8. The van der Waals surface area contributed by atoms with E-state index in [0.29, 0.717) is 30.8 Å². The minimum atomic E-state index is -0.738. The summed E-state index contributed by atoms with van der Waals surface area (Å²) >= 11 is 1.49. The van der Waals surface area contributed by atoms with Crippen LogP contribution in [-0.4, -0.2) is 61.8 Å². The number of thiazole rings is 1. The van der Waals surface area contributed by atoms with Gasteiger partial charge in [-0.3, -0.25) is 24.1 Å². The van der Waals surface area contributed by atoms with E-state index in [1.54, 1.807) is 25.7 Å². The van der Waals surface area contributed by atoms with Crippen LogP contribution in [0.1, 0.15) is 78.0 Å². The van der Waals surface area contributed by atoms with Gasteiger partial charge < -0.3 is 14.4 Å². The highest BCUT2D eigenvalue weighted by molar-refractivity contribution is 7.20. The number of fused-ring (bicyclic) bond motifs is 1. The van der Waals surface area contributed by atoms with Crippen molar-refractivity contribution < 1.29 is 28.7 Å². The van der Waals surface area contributed by atoms with E-state index in [4.69, 9.17) is 14.5 Å². The average Bonchev–Trinajstić information content (AvgIpc) is 3.70. The molecule has 1 aliphatic rings. The van der Waals surface area contributed by atoms with Gasteiger partial charge in [0.25, 0.3) is 0 Å². The first kappa shape index (κ1) is 33.8. The van der Waals surface area contributed by atoms with Crippen LogP contribution < -0.4 is 5.32 Å². The third-order valence-electron chi connectivity index (χ3n) is 7.57. The lowest BCUT2D eigenvalue weighted by molar-refractivity contribution is -0.157. The number of imidazole rings is 1. The number of benzene rings is 2. The predicted octanol–water partition coefficient (Wildman–Crippen LogP) is 7.03. The summed E-state index contributed by atoms with van der Waals surface area (Å²) in [7, 11) is 0. The van der Waals surface area contributed by atoms with Crippen molar-refractivity contribution in [3.63, 3.8) is 0 Å². The maximum Gasteiger partial charge on any atom is 0.412 e. The zero-order valence-electron chi connectivity index (χ0n) is 27.7. The second kappa shape index (κ2) is 13.7. The molecule has 0 saturated carbocycles. The van der Waals surface area contributed by atoms with Crippen LogP contribution in [0.2, 0.25) is 0 Å². The molecule has 1 N–H and O–H groups in total. The number of esters is 1. The Bertz CT molecular complexity index is 1720. The summed E-state index contributed by atoms with van der Waals surface area (Å²) in [6.07, 6.45) is 4.59. The molecule has 1 saturated heterocycles. The Morgan fingerprint density at radius 2 is 1.62 bits per heavy atom. The molecule has 2 aromatic heterocycles. The molecule has 1 aliphatic heterocycles. The Labute approximate surface area is 279 Å². The molecule has 11 heteroatoms. The molecule has 3 heterocycles. The van der Waals surface area contributed by atoms with Crippen LogP contribution in [0.25, 0.3) is 15.4 Å². The number of anilines is 1. The average molecular weight is 659 g/mol. The monoisotopic (exact) mass is 658 g/mol. The molecule has 4 aromatic rings. The topological polar surface area (TPSA) is 119 Å². The number of likely N-dealkylation sites (tertiary alicyclic amines) is 1. The molecule has 1 fully saturated rings. The Kier molecular flexibility index (Phi) is 9.86. The zero-order chi connectivity index (χ0) is 33.9. The van der Waals surface area contributed by atoms with E-state index in [1.807, 2.05) is 92.2 Å². The van der Waals surface area contributed by atoms with Gasteiger partial charge in [0.05, 0.1) is 35.4 Å². The number of nitrogens with zero attached hydrogens (tertiary/aromatic N) is 3. The Morgan fingerprint density at radius 1 is 0.936 bits per heavy atom. The smallest absolute Gasteiger partial charge is 0.412 e. The third-order valence-corrected chi connectivity index (χ3v) is 8.62. The van der Waals surface area contributed by atoms with Crippen molar-refractivity contribution in [3.05, 3.63) is 78.2 Å². The Balaban J connectivity index is 1.25. The maximum atomic E-state index is 13.9. The number of ketones is 1. The predicted molar refractivity (Wildman–Crippen MR) is 181 cm³/mol. The Hall–Kier alpha value is -4.51. The molecular weight excluding hydrogens is 616 g/mol. The van der Waals surface area contributed by atoms with Gasteiger partial charge in [0.1, 0.15) is 11.2 Å². The molecular formula is C36H42N4O6S. The fourth-order valence-corrected chi connectivity index (χ4v) is 6.64. The first-order valence-corrected chi connectivity index (χ1v) is 16.6. The summed E-state index contributed by atoms with van der Waals surface area (Å²) in [5, 5.41) is 2.74. The van der Waals surface area contributed by atoms with Gasteiger partial charge >= 0.3 is 12.1 Å². The van der Waals surface area contributed by atoms with Crippen molar-refractivity contribution in [2.75, 3.05) is 11.9 Å². The van der Waals surface area contributed by atoms with Crippen LogP contribution >= 0.6 is 11.3 Å². The van der Waals surface area contributed by atoms with Gasteiger partial charge in [-0.25, -0.2) is 9.78 Å². The number of nitrogens with one attached hydrogen (secondary N) is 1. The highest BCUT2D eigenvalue weighted by Crippen LogP contribution is 2.32. The number of amides is 2. The molecule has 0 aliphatic carbocycles. The van der Waals surface area contributed by atoms with Crippen molar-refractivity contribution in [2.45, 2.75) is 90.4 Å². The van der Waals surface area contributed by atoms with E-state index >= 15 is 0 Å². The number of Topliss-reactive ketones (excluding diaryl/α,β-unsaturated/α-hetero) is 1. The first-order chi connectivity index (χ1) is 22.1. The molecule has 2 amide bonds. The minimum Gasteiger partial charge on any atom is -0.460 e. The van der Waals surface area contributed by atoms with Crippen LogP contribution in [0.5, 0.6) is 0 Å². The van der Waals surface area contributed by atoms with E-state index in [0.717, 1.165) is 21.0 Å². The maximum absolute atomic E-state index is 13.9. The highest BCUT2D eigenvalue weighted by Gasteiger charge is 2.39. The number of carbonyl (C=O) groups is 4. The lowest BCUT2D eigenvalue weighted by atomic mass is 9.93. The standard InChI is InChI=1S/C36H42N4O6S/c1-35(2,3)45-31(42)20-27(23-11-8-7-9-12-23)32(43)40-18-10-13-28(40)29(41)19-26-21-39-22-30(47-33(39)37-26)24-14-16-25(17-15-24)38-34(44)46-36(4,5)6/h7-9,11-12,14-17,21-22,27-28H,10,13,18-20H2,1-6H3,(H,38,44)/t27-,28-/m0/s1. The van der Waals surface area contributed by atoms with E-state index in [2.05, 4.69) is 5.32 Å². The number of aromatic nitrogens is 2. The van der Waals surface area contributed by atoms with Gasteiger partial charge in [-0.05, 0) is 77.6 Å². The normalized spacial score (nSPS) is 15.8. The zero-order valence-corrected chi connectivity index (χ0v) is 28.6. The van der Waals surface area contributed by atoms with Crippen molar-refractivity contribution >= 4 is 45.7 Å². The van der Waals surface area contributed by atoms with Crippen LogP contribution in [0.15, 0.2) is 67.0 Å². The Morgan fingerprint density at radius 3 is 2.26 bits per heavy atom. The summed E-state index contributed by atoms with van der Waals surface area (Å²) in [5.41, 5.74) is 1.70. The van der Waals surface area contributed by atoms with Gasteiger partial charge in [-0.15, -0.1) is 0 Å². The summed E-state index contributed by atoms with van der Waals surface area (Å²) in [5.74, 6) is -1.50. The molecule has 47 heavy (non-hydrogen) atoms. The van der Waals surface area contributed by atoms with E-state index < -0.39 is 35.2 Å². The largest absolute Gasteiger partial charge is 0.460 e. The minimum absolute atomic E-state index is 0.0704. The molecule has 0 unspecified atom stereocenters. The molecule has 5 rings (SSSR count). The molecule has 2 atom stereocenters. The summed E-state index contributed by atoms with van der Waals surface area (Å²) in [4.78, 5) is 60.5. The third kappa shape index (κ3) is 8.85. The fraction of sp³-hybridized carbons (Fsp3) is 0.417. The number of carbonyl (C=O) groups excluding carboxylic acids is 4. The van der Waals surface area contributed by atoms with Crippen molar-refractivity contribution in [2.24, 2.45) is 0 Å². The molecule has 2 aromatic carbocycles. The molecule has 0 radical (unpaired) electrons. The van der Waals surface area contributed by atoms with E-state index in [-0.39, 0.29) is 24.5 Å². The van der Waals surface area contributed by atoms with Gasteiger partial charge in [-0.2, -0.15) is 0 Å². The van der Waals surface area contributed by atoms with Gasteiger partial charge in [0, 0.05) is 24.6 Å². The highest BCUT2D eigenvalue weighted by atomic mass is 32.1. The number of hydrogen-bond donors (Lipinski definition) is 1. The van der Waals surface area contributed by atoms with Gasteiger partial charge in [0.15, 0.2) is 10.7 Å². The van der Waals surface area contributed by atoms with E-state index in [1.165, 1.54) is 11.3 Å². The molecule has 0 spiro atoms. The summed E-state index contributed by atoms with van der Waals surface area (Å²) < 4.78 is 12.8. The van der Waals surface area contributed by atoms with Crippen molar-refractivity contribution in [1.29, 1.82) is 0 Å².